The van der Waals surface area contributed by atoms with Crippen molar-refractivity contribution in [1.29, 1.82) is 0 Å². The summed E-state index contributed by atoms with van der Waals surface area (Å²) in [5.41, 5.74) is 0. The Hall–Kier alpha value is -0.780. The van der Waals surface area contributed by atoms with E-state index in [1.165, 1.54) is 25.7 Å². The summed E-state index contributed by atoms with van der Waals surface area (Å²) in [6, 6.07) is 1.41. The number of terminal acetylenes is 1. The molecular weight excluding hydrogens is 184 g/mol. The van der Waals surface area contributed by atoms with Crippen LogP contribution in [0.4, 0.5) is 0 Å². The normalized spacial score (nSPS) is 24.5. The number of nitrogens with zero attached hydrogens (tertiary/aromatic N) is 1. The van der Waals surface area contributed by atoms with E-state index in [1.807, 2.05) is 0 Å². The van der Waals surface area contributed by atoms with Gasteiger partial charge in [0.05, 0.1) is 6.54 Å². The zero-order valence-corrected chi connectivity index (χ0v) is 9.28. The van der Waals surface area contributed by atoms with Crippen molar-refractivity contribution in [3.63, 3.8) is 0 Å². The first-order chi connectivity index (χ1) is 7.38. The van der Waals surface area contributed by atoms with E-state index in [1.54, 1.807) is 0 Å². The first kappa shape index (κ1) is 10.7. The van der Waals surface area contributed by atoms with E-state index >= 15 is 0 Å². The van der Waals surface area contributed by atoms with Crippen LogP contribution in [0.2, 0.25) is 0 Å². The van der Waals surface area contributed by atoms with Crippen molar-refractivity contribution in [1.82, 2.24) is 10.2 Å². The average molecular weight is 204 g/mol. The van der Waals surface area contributed by atoms with E-state index in [2.05, 4.69) is 28.3 Å². The first-order valence-corrected chi connectivity index (χ1v) is 5.95. The van der Waals surface area contributed by atoms with Crippen LogP contribution >= 0.6 is 0 Å². The maximum atomic E-state index is 5.31. The van der Waals surface area contributed by atoms with E-state index in [-0.39, 0.29) is 0 Å². The highest BCUT2D eigenvalue weighted by atomic mass is 15.1. The van der Waals surface area contributed by atoms with Crippen molar-refractivity contribution >= 4 is 0 Å². The number of hydrogen-bond donors (Lipinski definition) is 1. The Morgan fingerprint density at radius 3 is 2.47 bits per heavy atom. The predicted molar refractivity (Wildman–Crippen MR) is 63.6 cm³/mol. The molecule has 0 aromatic carbocycles. The molecule has 0 atom stereocenters. The topological polar surface area (TPSA) is 15.3 Å². The molecule has 0 radical (unpaired) electrons. The van der Waals surface area contributed by atoms with Crippen LogP contribution in [0.1, 0.15) is 25.7 Å². The molecule has 1 N–H and O–H groups in total. The third kappa shape index (κ3) is 3.09. The minimum Gasteiger partial charge on any atom is -0.311 e. The summed E-state index contributed by atoms with van der Waals surface area (Å²) in [4.78, 5) is 2.37. The van der Waals surface area contributed by atoms with E-state index in [0.29, 0.717) is 12.1 Å². The van der Waals surface area contributed by atoms with Crippen molar-refractivity contribution in [2.75, 3.05) is 19.6 Å². The fourth-order valence-electron chi connectivity index (χ4n) is 2.47. The second-order valence-corrected chi connectivity index (χ2v) is 4.56. The quantitative estimate of drug-likeness (QED) is 0.552. The highest BCUT2D eigenvalue weighted by molar-refractivity contribution is 4.99. The van der Waals surface area contributed by atoms with Gasteiger partial charge in [-0.1, -0.05) is 18.1 Å². The van der Waals surface area contributed by atoms with Crippen LogP contribution in [0.3, 0.4) is 0 Å². The summed E-state index contributed by atoms with van der Waals surface area (Å²) in [5.74, 6) is 2.72. The number of likely N-dealkylation sites (tertiary alicyclic amines) is 1. The molecule has 0 unspecified atom stereocenters. The lowest BCUT2D eigenvalue weighted by Gasteiger charge is -2.32. The third-order valence-corrected chi connectivity index (χ3v) is 3.38. The lowest BCUT2D eigenvalue weighted by molar-refractivity contribution is 0.210. The van der Waals surface area contributed by atoms with Crippen molar-refractivity contribution in [2.24, 2.45) is 0 Å². The van der Waals surface area contributed by atoms with Gasteiger partial charge in [-0.25, -0.2) is 0 Å². The summed E-state index contributed by atoms with van der Waals surface area (Å²) < 4.78 is 0. The molecule has 0 saturated carbocycles. The summed E-state index contributed by atoms with van der Waals surface area (Å²) in [7, 11) is 0. The van der Waals surface area contributed by atoms with E-state index in [0.717, 1.165) is 19.6 Å². The molecule has 1 saturated heterocycles. The Bertz CT molecular complexity index is 248. The Balaban J connectivity index is 1.67. The molecule has 0 bridgehead atoms. The van der Waals surface area contributed by atoms with Crippen LogP contribution in [0, 0.1) is 12.3 Å². The van der Waals surface area contributed by atoms with Gasteiger partial charge in [0.15, 0.2) is 0 Å². The van der Waals surface area contributed by atoms with Crippen LogP contribution in [0.25, 0.3) is 0 Å². The Morgan fingerprint density at radius 1 is 1.20 bits per heavy atom. The standard InChI is InChI=1S/C13H20N2/c1-2-9-15-10-7-13(8-11-15)14-12-5-3-4-6-12/h1,3-4,12-14H,5-11H2. The van der Waals surface area contributed by atoms with Crippen LogP contribution in [0.15, 0.2) is 12.2 Å². The van der Waals surface area contributed by atoms with E-state index in [9.17, 15) is 0 Å². The van der Waals surface area contributed by atoms with Gasteiger partial charge in [0.25, 0.3) is 0 Å². The van der Waals surface area contributed by atoms with Gasteiger partial charge >= 0.3 is 0 Å². The Morgan fingerprint density at radius 2 is 1.87 bits per heavy atom. The van der Waals surface area contributed by atoms with Gasteiger partial charge in [-0.05, 0) is 25.7 Å². The highest BCUT2D eigenvalue weighted by Crippen LogP contribution is 2.15. The molecule has 2 aliphatic rings. The van der Waals surface area contributed by atoms with Crippen molar-refractivity contribution in [3.05, 3.63) is 12.2 Å². The molecule has 0 aromatic rings. The SMILES string of the molecule is C#CCN1CCC(NC2CC=CC2)CC1. The maximum absolute atomic E-state index is 5.31. The monoisotopic (exact) mass is 204 g/mol. The number of nitrogens with one attached hydrogen (secondary N) is 1. The second kappa shape index (κ2) is 5.34. The fraction of sp³-hybridized carbons (Fsp3) is 0.692. The number of piperidine rings is 1. The largest absolute Gasteiger partial charge is 0.311 e. The van der Waals surface area contributed by atoms with Crippen molar-refractivity contribution in [3.8, 4) is 12.3 Å². The minimum atomic E-state index is 0.703. The lowest BCUT2D eigenvalue weighted by atomic mass is 10.0. The van der Waals surface area contributed by atoms with Crippen LogP contribution in [-0.4, -0.2) is 36.6 Å². The Kier molecular flexibility index (Phi) is 3.82. The summed E-state index contributed by atoms with van der Waals surface area (Å²) >= 11 is 0. The van der Waals surface area contributed by atoms with Gasteiger partial charge < -0.3 is 5.32 Å². The molecule has 0 spiro atoms. The summed E-state index contributed by atoms with van der Waals surface area (Å²) in [5, 5.41) is 3.74. The Labute approximate surface area is 92.7 Å². The first-order valence-electron chi connectivity index (χ1n) is 5.95. The van der Waals surface area contributed by atoms with Gasteiger partial charge in [0.2, 0.25) is 0 Å². The molecule has 1 fully saturated rings. The number of rotatable bonds is 3. The lowest BCUT2D eigenvalue weighted by Crippen LogP contribution is -2.45. The molecule has 0 amide bonds. The molecule has 2 rings (SSSR count). The van der Waals surface area contributed by atoms with Gasteiger partial charge in [0.1, 0.15) is 0 Å². The molecule has 2 heteroatoms. The molecule has 0 aromatic heterocycles. The molecule has 82 valence electrons. The smallest absolute Gasteiger partial charge is 0.0598 e. The molecular formula is C13H20N2. The van der Waals surface area contributed by atoms with Gasteiger partial charge in [0, 0.05) is 25.2 Å². The maximum Gasteiger partial charge on any atom is 0.0598 e. The predicted octanol–water partition coefficient (Wildman–Crippen LogP) is 1.39. The van der Waals surface area contributed by atoms with Gasteiger partial charge in [-0.15, -0.1) is 6.42 Å². The molecule has 1 aliphatic carbocycles. The summed E-state index contributed by atoms with van der Waals surface area (Å²) in [6.45, 7) is 3.13. The zero-order valence-electron chi connectivity index (χ0n) is 9.28. The second-order valence-electron chi connectivity index (χ2n) is 4.56. The fourth-order valence-corrected chi connectivity index (χ4v) is 2.47. The zero-order chi connectivity index (χ0) is 10.5. The summed E-state index contributed by atoms with van der Waals surface area (Å²) in [6.07, 6.45) is 14.8. The van der Waals surface area contributed by atoms with Crippen molar-refractivity contribution < 1.29 is 0 Å². The van der Waals surface area contributed by atoms with E-state index in [4.69, 9.17) is 6.42 Å². The average Bonchev–Trinajstić information content (AvgIpc) is 2.74. The van der Waals surface area contributed by atoms with Gasteiger partial charge in [-0.3, -0.25) is 4.90 Å². The molecule has 1 heterocycles. The molecule has 1 aliphatic heterocycles. The van der Waals surface area contributed by atoms with Gasteiger partial charge in [-0.2, -0.15) is 0 Å². The van der Waals surface area contributed by atoms with E-state index < -0.39 is 0 Å². The van der Waals surface area contributed by atoms with Crippen LogP contribution in [-0.2, 0) is 0 Å². The van der Waals surface area contributed by atoms with Crippen molar-refractivity contribution in [2.45, 2.75) is 37.8 Å². The highest BCUT2D eigenvalue weighted by Gasteiger charge is 2.21. The van der Waals surface area contributed by atoms with Crippen LogP contribution in [0.5, 0.6) is 0 Å². The molecule has 15 heavy (non-hydrogen) atoms. The van der Waals surface area contributed by atoms with Crippen LogP contribution < -0.4 is 5.32 Å². The molecule has 2 nitrogen and oxygen atoms in total. The third-order valence-electron chi connectivity index (χ3n) is 3.38. The number of hydrogen-bond acceptors (Lipinski definition) is 2. The minimum absolute atomic E-state index is 0.703.